The Morgan fingerprint density at radius 1 is 1.23 bits per heavy atom. The van der Waals surface area contributed by atoms with Crippen LogP contribution in [0.4, 0.5) is 5.69 Å². The van der Waals surface area contributed by atoms with Crippen molar-refractivity contribution < 1.29 is 4.74 Å². The molecule has 1 heterocycles. The highest BCUT2D eigenvalue weighted by Gasteiger charge is 2.06. The number of ether oxygens (including phenoxy) is 1. The van der Waals surface area contributed by atoms with Gasteiger partial charge in [-0.1, -0.05) is 29.8 Å². The highest BCUT2D eigenvalue weighted by Crippen LogP contribution is 2.30. The van der Waals surface area contributed by atoms with E-state index in [-0.39, 0.29) is 0 Å². The minimum absolute atomic E-state index is 0.643. The number of para-hydroxylation sites is 1. The molecule has 0 N–H and O–H groups in total. The predicted octanol–water partition coefficient (Wildman–Crippen LogP) is 5.07. The lowest BCUT2D eigenvalue weighted by Gasteiger charge is -2.03. The Balaban J connectivity index is 2.05. The van der Waals surface area contributed by atoms with Gasteiger partial charge in [-0.2, -0.15) is 0 Å². The zero-order chi connectivity index (χ0) is 15.5. The summed E-state index contributed by atoms with van der Waals surface area (Å²) in [5.74, 6) is 0.708. The highest BCUT2D eigenvalue weighted by atomic mass is 35.5. The summed E-state index contributed by atoms with van der Waals surface area (Å²) in [6.07, 6.45) is 3.98. The molecule has 3 aromatic rings. The Kier molecular flexibility index (Phi) is 4.16. The van der Waals surface area contributed by atoms with E-state index in [0.29, 0.717) is 10.8 Å². The van der Waals surface area contributed by atoms with Crippen molar-refractivity contribution in [3.63, 3.8) is 0 Å². The number of halogens is 1. The molecule has 0 bridgehead atoms. The van der Waals surface area contributed by atoms with E-state index in [1.807, 2.05) is 18.3 Å². The first-order chi connectivity index (χ1) is 10.7. The second-order valence-electron chi connectivity index (χ2n) is 4.96. The molecular weight excluding hydrogens is 296 g/mol. The van der Waals surface area contributed by atoms with Crippen molar-refractivity contribution in [3.8, 4) is 5.75 Å². The van der Waals surface area contributed by atoms with Crippen molar-refractivity contribution in [3.05, 3.63) is 59.2 Å². The molecule has 0 fully saturated rings. The number of nitrogens with zero attached hydrogens (tertiary/aromatic N) is 2. The Morgan fingerprint density at radius 2 is 2.05 bits per heavy atom. The molecule has 0 spiro atoms. The van der Waals surface area contributed by atoms with Crippen molar-refractivity contribution in [1.29, 1.82) is 0 Å². The lowest BCUT2D eigenvalue weighted by molar-refractivity contribution is 0.416. The quantitative estimate of drug-likeness (QED) is 0.617. The SMILES string of the molecule is CCn1cc(C=Nc2cc(Cl)ccc2OC)c2ccccc21. The van der Waals surface area contributed by atoms with Gasteiger partial charge in [0.2, 0.25) is 0 Å². The van der Waals surface area contributed by atoms with Crippen molar-refractivity contribution in [2.24, 2.45) is 4.99 Å². The van der Waals surface area contributed by atoms with Crippen molar-refractivity contribution in [2.75, 3.05) is 7.11 Å². The summed E-state index contributed by atoms with van der Waals surface area (Å²) >= 11 is 6.04. The Labute approximate surface area is 134 Å². The van der Waals surface area contributed by atoms with Crippen LogP contribution < -0.4 is 4.74 Å². The molecule has 2 aromatic carbocycles. The van der Waals surface area contributed by atoms with E-state index in [2.05, 4.69) is 40.9 Å². The fourth-order valence-electron chi connectivity index (χ4n) is 2.54. The lowest BCUT2D eigenvalue weighted by Crippen LogP contribution is -1.89. The molecular formula is C18H17ClN2O. The van der Waals surface area contributed by atoms with Gasteiger partial charge in [0.15, 0.2) is 0 Å². The molecule has 0 aliphatic carbocycles. The van der Waals surface area contributed by atoms with Crippen LogP contribution in [0.1, 0.15) is 12.5 Å². The van der Waals surface area contributed by atoms with Gasteiger partial charge in [0.05, 0.1) is 7.11 Å². The maximum Gasteiger partial charge on any atom is 0.144 e. The minimum atomic E-state index is 0.643. The van der Waals surface area contributed by atoms with Gasteiger partial charge in [0.25, 0.3) is 0 Å². The molecule has 0 amide bonds. The highest BCUT2D eigenvalue weighted by molar-refractivity contribution is 6.30. The Morgan fingerprint density at radius 3 is 2.82 bits per heavy atom. The molecule has 112 valence electrons. The number of rotatable bonds is 4. The number of aliphatic imine (C=N–C) groups is 1. The first-order valence-corrected chi connectivity index (χ1v) is 7.56. The van der Waals surface area contributed by atoms with Gasteiger partial charge >= 0.3 is 0 Å². The van der Waals surface area contributed by atoms with Gasteiger partial charge < -0.3 is 9.30 Å². The van der Waals surface area contributed by atoms with E-state index < -0.39 is 0 Å². The van der Waals surface area contributed by atoms with Gasteiger partial charge in [-0.05, 0) is 31.2 Å². The van der Waals surface area contributed by atoms with E-state index in [4.69, 9.17) is 16.3 Å². The van der Waals surface area contributed by atoms with Crippen LogP contribution in [0.15, 0.2) is 53.7 Å². The van der Waals surface area contributed by atoms with Crippen LogP contribution in [0.2, 0.25) is 5.02 Å². The summed E-state index contributed by atoms with van der Waals surface area (Å²) in [6, 6.07) is 13.7. The van der Waals surface area contributed by atoms with E-state index in [1.165, 1.54) is 10.9 Å². The fourth-order valence-corrected chi connectivity index (χ4v) is 2.71. The molecule has 0 radical (unpaired) electrons. The molecule has 0 aliphatic rings. The third-order valence-corrected chi connectivity index (χ3v) is 3.88. The number of hydrogen-bond donors (Lipinski definition) is 0. The maximum absolute atomic E-state index is 6.04. The number of fused-ring (bicyclic) bond motifs is 1. The standard InChI is InChI=1S/C18H17ClN2O/c1-3-21-12-13(15-6-4-5-7-17(15)21)11-20-16-10-14(19)8-9-18(16)22-2/h4-12H,3H2,1-2H3. The first-order valence-electron chi connectivity index (χ1n) is 7.18. The van der Waals surface area contributed by atoms with Crippen LogP contribution >= 0.6 is 11.6 Å². The average molecular weight is 313 g/mol. The number of aromatic nitrogens is 1. The maximum atomic E-state index is 6.04. The molecule has 0 saturated heterocycles. The van der Waals surface area contributed by atoms with Crippen molar-refractivity contribution in [1.82, 2.24) is 4.57 Å². The van der Waals surface area contributed by atoms with Crippen molar-refractivity contribution in [2.45, 2.75) is 13.5 Å². The van der Waals surface area contributed by atoms with Crippen molar-refractivity contribution >= 4 is 34.4 Å². The monoisotopic (exact) mass is 312 g/mol. The van der Waals surface area contributed by atoms with Crippen LogP contribution in [0, 0.1) is 0 Å². The fraction of sp³-hybridized carbons (Fsp3) is 0.167. The molecule has 0 aliphatic heterocycles. The van der Waals surface area contributed by atoms with Gasteiger partial charge in [-0.25, -0.2) is 0 Å². The molecule has 3 rings (SSSR count). The van der Waals surface area contributed by atoms with Crippen LogP contribution in [0.3, 0.4) is 0 Å². The molecule has 4 heteroatoms. The number of methoxy groups -OCH3 is 1. The average Bonchev–Trinajstić information content (AvgIpc) is 2.91. The molecule has 1 aromatic heterocycles. The first kappa shape index (κ1) is 14.7. The van der Waals surface area contributed by atoms with Gasteiger partial charge in [0.1, 0.15) is 11.4 Å². The normalized spacial score (nSPS) is 11.4. The van der Waals surface area contributed by atoms with Gasteiger partial charge in [0, 0.05) is 40.4 Å². The smallest absolute Gasteiger partial charge is 0.144 e. The largest absolute Gasteiger partial charge is 0.494 e. The zero-order valence-electron chi connectivity index (χ0n) is 12.6. The zero-order valence-corrected chi connectivity index (χ0v) is 13.3. The van der Waals surface area contributed by atoms with E-state index in [9.17, 15) is 0 Å². The third kappa shape index (κ3) is 2.72. The summed E-state index contributed by atoms with van der Waals surface area (Å²) in [4.78, 5) is 4.56. The third-order valence-electron chi connectivity index (χ3n) is 3.64. The number of benzene rings is 2. The predicted molar refractivity (Wildman–Crippen MR) is 92.9 cm³/mol. The lowest BCUT2D eigenvalue weighted by atomic mass is 10.2. The number of hydrogen-bond acceptors (Lipinski definition) is 2. The second-order valence-corrected chi connectivity index (χ2v) is 5.40. The summed E-state index contributed by atoms with van der Waals surface area (Å²) in [5, 5.41) is 1.83. The minimum Gasteiger partial charge on any atom is -0.494 e. The topological polar surface area (TPSA) is 26.5 Å². The Bertz CT molecular complexity index is 836. The summed E-state index contributed by atoms with van der Waals surface area (Å²) in [7, 11) is 1.63. The molecule has 22 heavy (non-hydrogen) atoms. The van der Waals surface area contributed by atoms with E-state index in [0.717, 1.165) is 17.8 Å². The Hall–Kier alpha value is -2.26. The number of aryl methyl sites for hydroxylation is 1. The van der Waals surface area contributed by atoms with E-state index >= 15 is 0 Å². The second kappa shape index (κ2) is 6.24. The van der Waals surface area contributed by atoms with E-state index in [1.54, 1.807) is 19.2 Å². The van der Waals surface area contributed by atoms with Crippen LogP contribution in [-0.2, 0) is 6.54 Å². The summed E-state index contributed by atoms with van der Waals surface area (Å²) in [5.41, 5.74) is 3.02. The molecule has 0 unspecified atom stereocenters. The van der Waals surface area contributed by atoms with Crippen LogP contribution in [0.25, 0.3) is 10.9 Å². The summed E-state index contributed by atoms with van der Waals surface area (Å²) < 4.78 is 7.54. The van der Waals surface area contributed by atoms with Crippen LogP contribution in [0.5, 0.6) is 5.75 Å². The molecule has 0 atom stereocenters. The molecule has 0 saturated carbocycles. The summed E-state index contributed by atoms with van der Waals surface area (Å²) in [6.45, 7) is 3.06. The van der Waals surface area contributed by atoms with Gasteiger partial charge in [-0.15, -0.1) is 0 Å². The van der Waals surface area contributed by atoms with Gasteiger partial charge in [-0.3, -0.25) is 4.99 Å². The van der Waals surface area contributed by atoms with Crippen LogP contribution in [-0.4, -0.2) is 17.9 Å². The molecule has 3 nitrogen and oxygen atoms in total.